The molecule has 20 heteroatoms. The summed E-state index contributed by atoms with van der Waals surface area (Å²) in [5.41, 5.74) is -2.46. The molecule has 3 aliphatic heterocycles. The number of esters is 5. The zero-order valence-corrected chi connectivity index (χ0v) is 57.3. The largest absolute Gasteiger partial charge is 0.743 e. The molecule has 3 saturated heterocycles. The topological polar surface area (TPSA) is 218 Å². The summed E-state index contributed by atoms with van der Waals surface area (Å²) in [6.45, 7) is 24.9. The van der Waals surface area contributed by atoms with Crippen LogP contribution in [0.25, 0.3) is 0 Å². The summed E-state index contributed by atoms with van der Waals surface area (Å²) in [4.78, 5) is 63.0. The van der Waals surface area contributed by atoms with Crippen molar-refractivity contribution >= 4 is 50.9 Å². The number of hydrogen-bond acceptors (Lipinski definition) is 15. The summed E-state index contributed by atoms with van der Waals surface area (Å²) in [6.07, 6.45) is 7.66. The van der Waals surface area contributed by atoms with Gasteiger partial charge in [-0.25, -0.2) is 12.8 Å². The van der Waals surface area contributed by atoms with Crippen LogP contribution >= 0.6 is 0 Å². The number of halogens is 3. The van der Waals surface area contributed by atoms with Gasteiger partial charge in [0.25, 0.3) is 0 Å². The van der Waals surface area contributed by atoms with Crippen molar-refractivity contribution in [3.8, 4) is 11.5 Å². The Hall–Kier alpha value is -5.96. The van der Waals surface area contributed by atoms with E-state index in [1.165, 1.54) is 73.6 Å². The minimum Gasteiger partial charge on any atom is -0.743 e. The molecule has 92 heavy (non-hydrogen) atoms. The van der Waals surface area contributed by atoms with Crippen LogP contribution in [0.15, 0.2) is 124 Å². The van der Waals surface area contributed by atoms with E-state index in [0.29, 0.717) is 37.9 Å². The maximum Gasteiger partial charge on any atom is 0.369 e. The summed E-state index contributed by atoms with van der Waals surface area (Å²) in [5, 5.41) is 4.42. The van der Waals surface area contributed by atoms with Gasteiger partial charge in [0, 0.05) is 5.92 Å². The van der Waals surface area contributed by atoms with Crippen LogP contribution < -0.4 is 4.74 Å². The number of phenols is 1. The Labute approximate surface area is 545 Å². The Kier molecular flexibility index (Phi) is 23.4. The van der Waals surface area contributed by atoms with Crippen molar-refractivity contribution in [2.24, 2.45) is 63.1 Å². The Morgan fingerprint density at radius 1 is 0.652 bits per heavy atom. The van der Waals surface area contributed by atoms with E-state index >= 15 is 0 Å². The lowest BCUT2D eigenvalue weighted by Gasteiger charge is -2.46. The zero-order valence-electron chi connectivity index (χ0n) is 55.7. The third-order valence-electron chi connectivity index (χ3n) is 20.7. The molecule has 11 rings (SSSR count). The van der Waals surface area contributed by atoms with Crippen molar-refractivity contribution in [1.29, 1.82) is 0 Å². The lowest BCUT2D eigenvalue weighted by Crippen LogP contribution is -2.49. The summed E-state index contributed by atoms with van der Waals surface area (Å²) < 4.78 is 102. The average molecular weight is 1320 g/mol. The fraction of sp³-hybridized carbons (Fsp3) is 0.597. The van der Waals surface area contributed by atoms with Gasteiger partial charge in [0.2, 0.25) is 0 Å². The first-order valence-corrected chi connectivity index (χ1v) is 35.1. The predicted molar refractivity (Wildman–Crippen MR) is 341 cm³/mol. The molecular formula is C72H95F3O15S2. The van der Waals surface area contributed by atoms with Crippen molar-refractivity contribution in [3.63, 3.8) is 0 Å². The van der Waals surface area contributed by atoms with Gasteiger partial charge in [-0.15, -0.1) is 0 Å². The van der Waals surface area contributed by atoms with Gasteiger partial charge >= 0.3 is 35.1 Å². The first kappa shape index (κ1) is 73.5. The number of carbonyl (C=O) groups excluding carboxylic acids is 5. The molecule has 1 N–H and O–H groups in total. The second kappa shape index (κ2) is 29.4. The van der Waals surface area contributed by atoms with Gasteiger partial charge in [-0.3, -0.25) is 24.0 Å². The maximum absolute atomic E-state index is 13.2. The van der Waals surface area contributed by atoms with E-state index in [0.717, 1.165) is 60.2 Å². The molecule has 7 aliphatic rings. The summed E-state index contributed by atoms with van der Waals surface area (Å²) >= 11 is 0. The fourth-order valence-corrected chi connectivity index (χ4v) is 15.8. The van der Waals surface area contributed by atoms with Crippen LogP contribution in [0.1, 0.15) is 168 Å². The van der Waals surface area contributed by atoms with Crippen LogP contribution in [0.4, 0.5) is 13.2 Å². The van der Waals surface area contributed by atoms with Gasteiger partial charge in [-0.2, -0.15) is 8.78 Å². The van der Waals surface area contributed by atoms with E-state index in [1.807, 2.05) is 104 Å². The molecule has 3 heterocycles. The number of carbonyl (C=O) groups is 5. The summed E-state index contributed by atoms with van der Waals surface area (Å²) in [7, 11) is -6.05. The van der Waals surface area contributed by atoms with Gasteiger partial charge in [-0.1, -0.05) is 71.0 Å². The first-order valence-electron chi connectivity index (χ1n) is 32.5. The van der Waals surface area contributed by atoms with E-state index in [1.54, 1.807) is 19.1 Å². The van der Waals surface area contributed by atoms with Crippen LogP contribution in [0.3, 0.4) is 0 Å². The highest BCUT2D eigenvalue weighted by molar-refractivity contribution is 7.97. The Balaban J connectivity index is 0.000000164. The molecule has 4 aromatic rings. The predicted octanol–water partition coefficient (Wildman–Crippen LogP) is 15.0. The molecule has 4 saturated carbocycles. The second-order valence-electron chi connectivity index (χ2n) is 28.1. The zero-order chi connectivity index (χ0) is 68.1. The molecule has 13 atom stereocenters. The normalized spacial score (nSPS) is 26.7. The Morgan fingerprint density at radius 2 is 1.14 bits per heavy atom. The highest BCUT2D eigenvalue weighted by Gasteiger charge is 2.68. The lowest BCUT2D eigenvalue weighted by molar-refractivity contribution is -0.183. The highest BCUT2D eigenvalue weighted by Crippen LogP contribution is 2.71. The number of hydrogen-bond donors (Lipinski definition) is 1. The van der Waals surface area contributed by atoms with Crippen LogP contribution in [0.2, 0.25) is 0 Å². The van der Waals surface area contributed by atoms with Gasteiger partial charge in [0.05, 0.1) is 44.6 Å². The van der Waals surface area contributed by atoms with Gasteiger partial charge in [-0.05, 0) is 235 Å². The number of alkyl halides is 2. The quantitative estimate of drug-likeness (QED) is 0.0245. The number of rotatable bonds is 18. The standard InChI is InChI=1S/C20H32O2.C18H14FS.C13H18O5.C12H16O3.C9H16F2O5S/c1-5-19(3,4)18(21)22-20(6-2)11-14-10-15(20)17-13-8-7-12(9-13)16(14)17;19-15-11-13-18(14-12-15)20(16-7-3-1-4-8-16)17-9-5-2-6-10-17;1-4-13(2,3)12(15)18-9-7-5-6-8(16-7)10(9)17-11(6)14;1-4-12(2,3)11(14)15-10-7-5-9(13)6-8-10;1-5-8(3,4)7(12)16-6(2)9(10,11)17(13,14)15/h12-17H,5-11H2,1-4H3;1-14H;6-10H,4-5H2,1-3H3;5-8,13H,4H2,1-3H3;6H,5H2,1-4H3,(H,13,14,15)/q;+1;;;/p-1. The molecule has 0 radical (unpaired) electrons. The van der Waals surface area contributed by atoms with Crippen molar-refractivity contribution in [2.75, 3.05) is 0 Å². The molecule has 0 spiro atoms. The molecule has 7 fully saturated rings. The number of fused-ring (bicyclic) bond motifs is 10. The number of phenolic OH excluding ortho intramolecular Hbond substituents is 1. The SMILES string of the molecule is CCC(C)(C)C(=O)OC(C)C(F)(F)S(=O)(=O)[O-].CCC(C)(C)C(=O)OC1(CC)CC2CC1C1C3CCC(C3)C21.CCC(C)(C)C(=O)OC1C2CC3C(=O)OC1C3O2.CCC(C)(C)C(=O)Oc1ccc(O)cc1.Fc1ccc([S+](c2ccccc2)c2ccccc2)cc1. The smallest absolute Gasteiger partial charge is 0.369 e. The third-order valence-corrected chi connectivity index (χ3v) is 23.9. The number of benzene rings is 4. The number of aromatic hydroxyl groups is 1. The van der Waals surface area contributed by atoms with Gasteiger partial charge < -0.3 is 38.1 Å². The van der Waals surface area contributed by atoms with E-state index in [2.05, 4.69) is 42.8 Å². The van der Waals surface area contributed by atoms with Crippen LogP contribution in [0.5, 0.6) is 11.5 Å². The molecule has 15 nitrogen and oxygen atoms in total. The molecular weight excluding hydrogens is 1230 g/mol. The lowest BCUT2D eigenvalue weighted by atomic mass is 9.65. The summed E-state index contributed by atoms with van der Waals surface area (Å²) in [5.74, 6) is 3.99. The van der Waals surface area contributed by atoms with Gasteiger partial charge in [0.1, 0.15) is 29.0 Å². The third kappa shape index (κ3) is 16.2. The van der Waals surface area contributed by atoms with E-state index in [-0.39, 0.29) is 75.5 Å². The molecule has 0 amide bonds. The fourth-order valence-electron chi connectivity index (χ4n) is 13.3. The average Bonchev–Trinajstić information content (AvgIpc) is 1.54. The van der Waals surface area contributed by atoms with Crippen molar-refractivity contribution in [1.82, 2.24) is 0 Å². The van der Waals surface area contributed by atoms with Crippen molar-refractivity contribution in [3.05, 3.63) is 115 Å². The minimum atomic E-state index is -5.86. The Morgan fingerprint density at radius 3 is 1.65 bits per heavy atom. The molecule has 13 unspecified atom stereocenters. The summed E-state index contributed by atoms with van der Waals surface area (Å²) in [6, 6.07) is 33.6. The maximum atomic E-state index is 13.2. The molecule has 4 aromatic carbocycles. The van der Waals surface area contributed by atoms with Gasteiger partial charge in [0.15, 0.2) is 43.1 Å². The highest BCUT2D eigenvalue weighted by atomic mass is 32.2. The van der Waals surface area contributed by atoms with Crippen molar-refractivity contribution in [2.45, 2.75) is 224 Å². The molecule has 6 bridgehead atoms. The Bertz CT molecular complexity index is 3250. The van der Waals surface area contributed by atoms with Crippen LogP contribution in [-0.4, -0.2) is 89.3 Å². The first-order chi connectivity index (χ1) is 43.0. The van der Waals surface area contributed by atoms with Crippen LogP contribution in [-0.2, 0) is 68.7 Å². The van der Waals surface area contributed by atoms with Crippen LogP contribution in [0, 0.1) is 68.9 Å². The van der Waals surface area contributed by atoms with Crippen molar-refractivity contribution < 1.29 is 83.6 Å². The monoisotopic (exact) mass is 1320 g/mol. The molecule has 4 aliphatic carbocycles. The van der Waals surface area contributed by atoms with E-state index in [9.17, 15) is 50.1 Å². The molecule has 0 aromatic heterocycles. The van der Waals surface area contributed by atoms with E-state index in [4.69, 9.17) is 28.8 Å². The number of ether oxygens (including phenoxy) is 6. The molecule has 506 valence electrons. The minimum absolute atomic E-state index is 0.0455. The second-order valence-corrected chi connectivity index (χ2v) is 31.6. The van der Waals surface area contributed by atoms with E-state index < -0.39 is 55.9 Å².